The third kappa shape index (κ3) is 3.49. The number of pyridine rings is 1. The summed E-state index contributed by atoms with van der Waals surface area (Å²) in [5, 5.41) is 14.3. The van der Waals surface area contributed by atoms with Gasteiger partial charge in [-0.2, -0.15) is 5.26 Å². The van der Waals surface area contributed by atoms with E-state index in [1.54, 1.807) is 56.8 Å². The number of nitrogens with one attached hydrogen (secondary N) is 1. The maximum absolute atomic E-state index is 13.1. The second kappa shape index (κ2) is 8.10. The molecule has 0 fully saturated rings. The zero-order valence-corrected chi connectivity index (χ0v) is 16.6. The van der Waals surface area contributed by atoms with Gasteiger partial charge in [-0.25, -0.2) is 0 Å². The van der Waals surface area contributed by atoms with E-state index >= 15 is 0 Å². The van der Waals surface area contributed by atoms with Crippen molar-refractivity contribution < 1.29 is 9.47 Å². The topological polar surface area (TPSA) is 84.2 Å². The van der Waals surface area contributed by atoms with E-state index in [0.717, 1.165) is 11.3 Å². The number of nitrogens with zero attached hydrogens (tertiary/aromatic N) is 2. The summed E-state index contributed by atoms with van der Waals surface area (Å²) in [4.78, 5) is 17.6. The Labute approximate surface area is 173 Å². The number of hydrogen-bond donors (Lipinski definition) is 1. The van der Waals surface area contributed by atoms with Crippen LogP contribution in [0.15, 0.2) is 65.6 Å². The minimum Gasteiger partial charge on any atom is -0.497 e. The summed E-state index contributed by atoms with van der Waals surface area (Å²) in [6, 6.07) is 18.3. The van der Waals surface area contributed by atoms with Gasteiger partial charge in [0.1, 0.15) is 11.5 Å². The van der Waals surface area contributed by atoms with Gasteiger partial charge in [-0.1, -0.05) is 18.2 Å². The van der Waals surface area contributed by atoms with Crippen molar-refractivity contribution in [2.24, 2.45) is 0 Å². The zero-order chi connectivity index (χ0) is 21.1. The first-order valence-electron chi connectivity index (χ1n) is 9.35. The summed E-state index contributed by atoms with van der Waals surface area (Å²) in [5.41, 5.74) is 2.56. The molecule has 0 amide bonds. The maximum atomic E-state index is 13.1. The molecule has 4 rings (SSSR count). The van der Waals surface area contributed by atoms with Gasteiger partial charge in [0.25, 0.3) is 0 Å². The van der Waals surface area contributed by atoms with E-state index in [1.807, 2.05) is 18.2 Å². The number of anilines is 1. The highest BCUT2D eigenvalue weighted by Gasteiger charge is 2.09. The van der Waals surface area contributed by atoms with Crippen molar-refractivity contribution in [3.63, 3.8) is 0 Å². The molecule has 0 aliphatic heterocycles. The first-order valence-corrected chi connectivity index (χ1v) is 9.35. The summed E-state index contributed by atoms with van der Waals surface area (Å²) in [6.45, 7) is 0.493. The lowest BCUT2D eigenvalue weighted by Gasteiger charge is -2.12. The van der Waals surface area contributed by atoms with Gasteiger partial charge >= 0.3 is 0 Å². The van der Waals surface area contributed by atoms with Crippen LogP contribution in [0.2, 0.25) is 0 Å². The molecule has 0 bridgehead atoms. The minimum atomic E-state index is -0.153. The number of benzene rings is 2. The van der Waals surface area contributed by atoms with Crippen LogP contribution in [0.3, 0.4) is 0 Å². The van der Waals surface area contributed by atoms with E-state index in [0.29, 0.717) is 45.2 Å². The molecule has 3 aromatic carbocycles. The Balaban J connectivity index is 1.74. The molecule has 0 aliphatic rings. The molecule has 4 aromatic rings. The van der Waals surface area contributed by atoms with Crippen LogP contribution in [-0.2, 0) is 6.54 Å². The molecule has 0 saturated carbocycles. The van der Waals surface area contributed by atoms with E-state index in [4.69, 9.17) is 9.47 Å². The molecule has 0 spiro atoms. The Kier molecular flexibility index (Phi) is 5.19. The lowest BCUT2D eigenvalue weighted by molar-refractivity contribution is 0.391. The molecule has 1 heterocycles. The number of hydrogen-bond acceptors (Lipinski definition) is 6. The number of fused-ring (bicyclic) bond motifs is 2. The molecule has 148 valence electrons. The van der Waals surface area contributed by atoms with Gasteiger partial charge in [0.05, 0.1) is 48.6 Å². The molecular weight excluding hydrogens is 378 g/mol. The van der Waals surface area contributed by atoms with Crippen LogP contribution < -0.4 is 20.2 Å². The fourth-order valence-electron chi connectivity index (χ4n) is 3.43. The van der Waals surface area contributed by atoms with Gasteiger partial charge in [-0.3, -0.25) is 9.78 Å². The third-order valence-corrected chi connectivity index (χ3v) is 5.02. The minimum absolute atomic E-state index is 0.153. The summed E-state index contributed by atoms with van der Waals surface area (Å²) in [5.74, 6) is 1.43. The summed E-state index contributed by atoms with van der Waals surface area (Å²) in [6.07, 6.45) is 1.69. The van der Waals surface area contributed by atoms with Crippen molar-refractivity contribution in [3.8, 4) is 17.6 Å². The smallest absolute Gasteiger partial charge is 0.195 e. The monoisotopic (exact) mass is 397 g/mol. The van der Waals surface area contributed by atoms with Crippen LogP contribution in [-0.4, -0.2) is 19.2 Å². The van der Waals surface area contributed by atoms with Gasteiger partial charge in [0, 0.05) is 28.9 Å². The second-order valence-corrected chi connectivity index (χ2v) is 6.73. The Hall–Kier alpha value is -4.11. The van der Waals surface area contributed by atoms with E-state index in [9.17, 15) is 10.1 Å². The van der Waals surface area contributed by atoms with E-state index in [1.165, 1.54) is 0 Å². The Morgan fingerprint density at radius 1 is 1.00 bits per heavy atom. The Bertz CT molecular complexity index is 1360. The zero-order valence-electron chi connectivity index (χ0n) is 16.6. The quantitative estimate of drug-likeness (QED) is 0.542. The normalized spacial score (nSPS) is 10.6. The molecule has 0 aliphatic carbocycles. The molecular formula is C24H19N3O3. The molecule has 30 heavy (non-hydrogen) atoms. The molecule has 1 aromatic heterocycles. The average Bonchev–Trinajstić information content (AvgIpc) is 2.94. The van der Waals surface area contributed by atoms with Crippen LogP contribution in [0, 0.1) is 11.3 Å². The van der Waals surface area contributed by atoms with Gasteiger partial charge < -0.3 is 14.8 Å². The fraction of sp³-hybridized carbons (Fsp3) is 0.125. The van der Waals surface area contributed by atoms with E-state index in [-0.39, 0.29) is 5.43 Å². The molecule has 0 unspecified atom stereocenters. The highest BCUT2D eigenvalue weighted by atomic mass is 16.5. The number of aromatic nitrogens is 1. The average molecular weight is 397 g/mol. The first-order chi connectivity index (χ1) is 14.6. The first kappa shape index (κ1) is 19.2. The molecule has 0 saturated heterocycles. The van der Waals surface area contributed by atoms with Crippen LogP contribution in [0.5, 0.6) is 11.5 Å². The largest absolute Gasteiger partial charge is 0.497 e. The Morgan fingerprint density at radius 3 is 2.63 bits per heavy atom. The predicted octanol–water partition coefficient (Wildman–Crippen LogP) is 4.25. The number of rotatable bonds is 5. The highest BCUT2D eigenvalue weighted by Crippen LogP contribution is 2.26. The standard InChI is InChI=1S/C24H19N3O3/c1-29-18-7-6-16(23(11-18)30-2)13-26-17-10-21-22(27-14-17)9-8-19-15(12-25)4-3-5-20(19)24(21)28/h3-11,14,26H,13H2,1-2H3. The number of ether oxygens (including phenoxy) is 2. The number of nitriles is 1. The summed E-state index contributed by atoms with van der Waals surface area (Å²) < 4.78 is 10.7. The van der Waals surface area contributed by atoms with Crippen LogP contribution in [0.1, 0.15) is 11.1 Å². The van der Waals surface area contributed by atoms with Crippen molar-refractivity contribution in [2.45, 2.75) is 6.54 Å². The van der Waals surface area contributed by atoms with Crippen molar-refractivity contribution in [3.05, 3.63) is 82.1 Å². The molecule has 0 radical (unpaired) electrons. The lowest BCUT2D eigenvalue weighted by atomic mass is 10.1. The molecule has 0 atom stereocenters. The maximum Gasteiger partial charge on any atom is 0.195 e. The van der Waals surface area contributed by atoms with Crippen LogP contribution in [0.4, 0.5) is 5.69 Å². The number of methoxy groups -OCH3 is 2. The van der Waals surface area contributed by atoms with Crippen LogP contribution in [0.25, 0.3) is 21.7 Å². The second-order valence-electron chi connectivity index (χ2n) is 6.73. The van der Waals surface area contributed by atoms with Gasteiger partial charge in [-0.05, 0) is 30.3 Å². The molecule has 6 heteroatoms. The summed E-state index contributed by atoms with van der Waals surface area (Å²) in [7, 11) is 3.22. The summed E-state index contributed by atoms with van der Waals surface area (Å²) >= 11 is 0. The Morgan fingerprint density at radius 2 is 1.87 bits per heavy atom. The van der Waals surface area contributed by atoms with E-state index in [2.05, 4.69) is 16.4 Å². The lowest BCUT2D eigenvalue weighted by Crippen LogP contribution is -2.04. The SMILES string of the molecule is COc1ccc(CNc2cnc3ccc4c(C#N)cccc4c(=O)c3c2)c(OC)c1. The third-order valence-electron chi connectivity index (χ3n) is 5.02. The highest BCUT2D eigenvalue weighted by molar-refractivity contribution is 5.95. The predicted molar refractivity (Wildman–Crippen MR) is 117 cm³/mol. The van der Waals surface area contributed by atoms with Crippen molar-refractivity contribution in [2.75, 3.05) is 19.5 Å². The van der Waals surface area contributed by atoms with E-state index < -0.39 is 0 Å². The van der Waals surface area contributed by atoms with Crippen molar-refractivity contribution >= 4 is 27.4 Å². The van der Waals surface area contributed by atoms with Crippen LogP contribution >= 0.6 is 0 Å². The fourth-order valence-corrected chi connectivity index (χ4v) is 3.43. The van der Waals surface area contributed by atoms with Crippen molar-refractivity contribution in [1.82, 2.24) is 4.98 Å². The van der Waals surface area contributed by atoms with Crippen molar-refractivity contribution in [1.29, 1.82) is 5.26 Å². The molecule has 1 N–H and O–H groups in total. The van der Waals surface area contributed by atoms with Gasteiger partial charge in [0.2, 0.25) is 0 Å². The van der Waals surface area contributed by atoms with Gasteiger partial charge in [0.15, 0.2) is 5.43 Å². The molecule has 6 nitrogen and oxygen atoms in total. The van der Waals surface area contributed by atoms with Gasteiger partial charge in [-0.15, -0.1) is 0 Å².